The van der Waals surface area contributed by atoms with E-state index in [0.717, 1.165) is 37.0 Å². The predicted octanol–water partition coefficient (Wildman–Crippen LogP) is 1.87. The first-order valence-electron chi connectivity index (χ1n) is 6.94. The Kier molecular flexibility index (Phi) is 4.58. The summed E-state index contributed by atoms with van der Waals surface area (Å²) in [5.41, 5.74) is 6.78. The highest BCUT2D eigenvalue weighted by Crippen LogP contribution is 2.28. The van der Waals surface area contributed by atoms with E-state index in [4.69, 9.17) is 10.5 Å². The van der Waals surface area contributed by atoms with Gasteiger partial charge in [0.1, 0.15) is 5.82 Å². The number of aryl methyl sites for hydroxylation is 1. The topological polar surface area (TPSA) is 64.3 Å². The van der Waals surface area contributed by atoms with Crippen molar-refractivity contribution in [2.75, 3.05) is 37.4 Å². The Hall–Kier alpha value is -1.36. The predicted molar refractivity (Wildman–Crippen MR) is 77.2 cm³/mol. The van der Waals surface area contributed by atoms with Crippen molar-refractivity contribution in [2.45, 2.75) is 26.7 Å². The first kappa shape index (κ1) is 14.1. The van der Waals surface area contributed by atoms with Crippen LogP contribution in [0.5, 0.6) is 0 Å². The van der Waals surface area contributed by atoms with Gasteiger partial charge in [-0.15, -0.1) is 0 Å². The van der Waals surface area contributed by atoms with Crippen LogP contribution in [-0.2, 0) is 4.74 Å². The molecule has 1 saturated heterocycles. The van der Waals surface area contributed by atoms with Crippen molar-refractivity contribution in [3.05, 3.63) is 11.8 Å². The molecule has 19 heavy (non-hydrogen) atoms. The van der Waals surface area contributed by atoms with Gasteiger partial charge in [0, 0.05) is 38.6 Å². The maximum atomic E-state index is 5.68. The number of nitrogens with zero attached hydrogens (tertiary/aromatic N) is 3. The van der Waals surface area contributed by atoms with Gasteiger partial charge in [0.15, 0.2) is 0 Å². The lowest BCUT2D eigenvalue weighted by Crippen LogP contribution is -2.37. The zero-order chi connectivity index (χ0) is 13.8. The van der Waals surface area contributed by atoms with E-state index in [0.29, 0.717) is 11.9 Å². The number of anilines is 2. The summed E-state index contributed by atoms with van der Waals surface area (Å²) in [5.74, 6) is 2.72. The lowest BCUT2D eigenvalue weighted by atomic mass is 9.86. The molecule has 5 heteroatoms. The van der Waals surface area contributed by atoms with Gasteiger partial charge in [-0.2, -0.15) is 4.98 Å². The van der Waals surface area contributed by atoms with E-state index in [9.17, 15) is 0 Å². The van der Waals surface area contributed by atoms with Crippen molar-refractivity contribution in [3.63, 3.8) is 0 Å². The summed E-state index contributed by atoms with van der Waals surface area (Å²) in [6, 6.07) is 0. The van der Waals surface area contributed by atoms with Gasteiger partial charge < -0.3 is 15.4 Å². The minimum atomic E-state index is 0.357. The molecule has 2 N–H and O–H groups in total. The van der Waals surface area contributed by atoms with E-state index in [1.54, 1.807) is 13.3 Å². The van der Waals surface area contributed by atoms with Gasteiger partial charge in [-0.25, -0.2) is 4.98 Å². The van der Waals surface area contributed by atoms with E-state index in [-0.39, 0.29) is 0 Å². The lowest BCUT2D eigenvalue weighted by Gasteiger charge is -2.35. The third-order valence-corrected chi connectivity index (χ3v) is 4.04. The molecule has 0 aromatic carbocycles. The summed E-state index contributed by atoms with van der Waals surface area (Å²) in [4.78, 5) is 10.7. The molecule has 1 aliphatic rings. The first-order valence-corrected chi connectivity index (χ1v) is 6.94. The van der Waals surface area contributed by atoms with Crippen molar-refractivity contribution >= 4 is 11.8 Å². The van der Waals surface area contributed by atoms with Crippen molar-refractivity contribution in [1.82, 2.24) is 9.97 Å². The molecule has 0 saturated carbocycles. The quantitative estimate of drug-likeness (QED) is 0.899. The minimum Gasteiger partial charge on any atom is -0.384 e. The highest BCUT2D eigenvalue weighted by atomic mass is 16.5. The second-order valence-electron chi connectivity index (χ2n) is 5.49. The highest BCUT2D eigenvalue weighted by Gasteiger charge is 2.25. The number of nitrogens with two attached hydrogens (primary N) is 1. The largest absolute Gasteiger partial charge is 0.384 e. The zero-order valence-electron chi connectivity index (χ0n) is 12.1. The van der Waals surface area contributed by atoms with E-state index in [1.807, 2.05) is 6.92 Å². The standard InChI is InChI=1S/C14H24N4O/c1-10-8-16-14(15)17-13(10)18-6-4-12(5-7-18)11(2)9-19-3/h8,11-12H,4-7,9H2,1-3H3,(H2,15,16,17). The average Bonchev–Trinajstić information content (AvgIpc) is 2.42. The second kappa shape index (κ2) is 6.19. The van der Waals surface area contributed by atoms with Gasteiger partial charge in [0.25, 0.3) is 0 Å². The van der Waals surface area contributed by atoms with Crippen LogP contribution in [0.2, 0.25) is 0 Å². The van der Waals surface area contributed by atoms with Crippen molar-refractivity contribution in [3.8, 4) is 0 Å². The SMILES string of the molecule is COCC(C)C1CCN(c2nc(N)ncc2C)CC1. The Morgan fingerprint density at radius 1 is 1.47 bits per heavy atom. The number of piperidine rings is 1. The third-order valence-electron chi connectivity index (χ3n) is 4.04. The van der Waals surface area contributed by atoms with Crippen molar-refractivity contribution in [1.29, 1.82) is 0 Å². The molecular weight excluding hydrogens is 240 g/mol. The molecule has 1 fully saturated rings. The summed E-state index contributed by atoms with van der Waals surface area (Å²) in [6.45, 7) is 7.24. The molecule has 2 heterocycles. The summed E-state index contributed by atoms with van der Waals surface area (Å²) in [6.07, 6.45) is 4.18. The maximum absolute atomic E-state index is 5.68. The van der Waals surface area contributed by atoms with E-state index >= 15 is 0 Å². The molecule has 106 valence electrons. The van der Waals surface area contributed by atoms with Crippen LogP contribution >= 0.6 is 0 Å². The number of methoxy groups -OCH3 is 1. The van der Waals surface area contributed by atoms with Gasteiger partial charge in [0.05, 0.1) is 0 Å². The van der Waals surface area contributed by atoms with Crippen LogP contribution in [0, 0.1) is 18.8 Å². The summed E-state index contributed by atoms with van der Waals surface area (Å²) in [7, 11) is 1.78. The smallest absolute Gasteiger partial charge is 0.221 e. The highest BCUT2D eigenvalue weighted by molar-refractivity contribution is 5.48. The van der Waals surface area contributed by atoms with Crippen LogP contribution in [0.1, 0.15) is 25.3 Å². The minimum absolute atomic E-state index is 0.357. The molecule has 1 aromatic rings. The third kappa shape index (κ3) is 3.35. The zero-order valence-corrected chi connectivity index (χ0v) is 12.1. The first-order chi connectivity index (χ1) is 9.11. The number of nitrogen functional groups attached to an aromatic ring is 1. The normalized spacial score (nSPS) is 18.6. The number of aromatic nitrogens is 2. The molecule has 0 bridgehead atoms. The van der Waals surface area contributed by atoms with Crippen LogP contribution in [0.15, 0.2) is 6.20 Å². The summed E-state index contributed by atoms with van der Waals surface area (Å²) < 4.78 is 5.25. The molecule has 1 aliphatic heterocycles. The molecule has 1 aromatic heterocycles. The van der Waals surface area contributed by atoms with Crippen LogP contribution in [0.25, 0.3) is 0 Å². The van der Waals surface area contributed by atoms with Gasteiger partial charge in [-0.1, -0.05) is 6.92 Å². The Labute approximate surface area is 115 Å². The maximum Gasteiger partial charge on any atom is 0.221 e. The molecule has 0 aliphatic carbocycles. The van der Waals surface area contributed by atoms with Crippen LogP contribution in [0.3, 0.4) is 0 Å². The molecule has 5 nitrogen and oxygen atoms in total. The molecule has 2 rings (SSSR count). The van der Waals surface area contributed by atoms with Gasteiger partial charge in [0.2, 0.25) is 5.95 Å². The summed E-state index contributed by atoms with van der Waals surface area (Å²) >= 11 is 0. The summed E-state index contributed by atoms with van der Waals surface area (Å²) in [5, 5.41) is 0. The fourth-order valence-corrected chi connectivity index (χ4v) is 2.85. The number of hydrogen-bond donors (Lipinski definition) is 1. The Balaban J connectivity index is 1.98. The van der Waals surface area contributed by atoms with Gasteiger partial charge >= 0.3 is 0 Å². The van der Waals surface area contributed by atoms with E-state index in [2.05, 4.69) is 21.8 Å². The average molecular weight is 264 g/mol. The molecule has 1 atom stereocenters. The Morgan fingerprint density at radius 3 is 2.79 bits per heavy atom. The molecule has 1 unspecified atom stereocenters. The van der Waals surface area contributed by atoms with Crippen molar-refractivity contribution < 1.29 is 4.74 Å². The molecule has 0 radical (unpaired) electrons. The molecule has 0 amide bonds. The van der Waals surface area contributed by atoms with Crippen LogP contribution < -0.4 is 10.6 Å². The lowest BCUT2D eigenvalue weighted by molar-refractivity contribution is 0.120. The van der Waals surface area contributed by atoms with E-state index in [1.165, 1.54) is 12.8 Å². The van der Waals surface area contributed by atoms with E-state index < -0.39 is 0 Å². The molecule has 0 spiro atoms. The Morgan fingerprint density at radius 2 is 2.16 bits per heavy atom. The Bertz CT molecular complexity index is 416. The monoisotopic (exact) mass is 264 g/mol. The van der Waals surface area contributed by atoms with Crippen LogP contribution in [0.4, 0.5) is 11.8 Å². The van der Waals surface area contributed by atoms with Gasteiger partial charge in [-0.05, 0) is 31.6 Å². The van der Waals surface area contributed by atoms with Crippen molar-refractivity contribution in [2.24, 2.45) is 11.8 Å². The fourth-order valence-electron chi connectivity index (χ4n) is 2.85. The number of hydrogen-bond acceptors (Lipinski definition) is 5. The number of ether oxygens (including phenoxy) is 1. The fraction of sp³-hybridized carbons (Fsp3) is 0.714. The molecular formula is C14H24N4O. The second-order valence-corrected chi connectivity index (χ2v) is 5.49. The number of rotatable bonds is 4. The van der Waals surface area contributed by atoms with Gasteiger partial charge in [-0.3, -0.25) is 0 Å². The van der Waals surface area contributed by atoms with Crippen LogP contribution in [-0.4, -0.2) is 36.8 Å².